The van der Waals surface area contributed by atoms with E-state index in [1.54, 1.807) is 49.4 Å². The van der Waals surface area contributed by atoms with E-state index in [1.165, 1.54) is 12.1 Å². The number of aliphatic hydroxyl groups is 1. The Balaban J connectivity index is 1.79. The van der Waals surface area contributed by atoms with Crippen LogP contribution in [-0.2, 0) is 24.4 Å². The third-order valence-electron chi connectivity index (χ3n) is 6.96. The van der Waals surface area contributed by atoms with Crippen molar-refractivity contribution >= 4 is 33.5 Å². The number of carbonyl (C=O) groups is 4. The van der Waals surface area contributed by atoms with Crippen molar-refractivity contribution in [2.45, 2.75) is 77.4 Å². The van der Waals surface area contributed by atoms with Crippen molar-refractivity contribution in [3.05, 3.63) is 66.1 Å². The first kappa shape index (κ1) is 38.0. The molecule has 0 unspecified atom stereocenters. The molecule has 3 aromatic rings. The molecule has 3 atom stereocenters. The zero-order chi connectivity index (χ0) is 35.6. The van der Waals surface area contributed by atoms with Crippen molar-refractivity contribution in [2.24, 2.45) is 11.3 Å². The van der Waals surface area contributed by atoms with E-state index >= 15 is 0 Å². The van der Waals surface area contributed by atoms with Crippen molar-refractivity contribution < 1.29 is 37.1 Å². The first-order valence-electron chi connectivity index (χ1n) is 15.5. The van der Waals surface area contributed by atoms with Crippen molar-refractivity contribution in [1.29, 1.82) is 0 Å². The van der Waals surface area contributed by atoms with Crippen LogP contribution in [0.4, 0.5) is 0 Å². The molecule has 0 saturated carbocycles. The summed E-state index contributed by atoms with van der Waals surface area (Å²) >= 11 is 0. The van der Waals surface area contributed by atoms with Gasteiger partial charge in [0, 0.05) is 12.1 Å². The molecule has 3 amide bonds. The second-order valence-electron chi connectivity index (χ2n) is 13.1. The van der Waals surface area contributed by atoms with Crippen LogP contribution in [0, 0.1) is 18.3 Å². The fourth-order valence-corrected chi connectivity index (χ4v) is 5.59. The fourth-order valence-electron chi connectivity index (χ4n) is 4.39. The van der Waals surface area contributed by atoms with Gasteiger partial charge in [-0.25, -0.2) is 8.42 Å². The first-order chi connectivity index (χ1) is 22.5. The zero-order valence-corrected chi connectivity index (χ0v) is 28.8. The van der Waals surface area contributed by atoms with Crippen LogP contribution in [0.5, 0.6) is 0 Å². The molecule has 15 heteroatoms. The molecule has 0 aliphatic carbocycles. The summed E-state index contributed by atoms with van der Waals surface area (Å²) in [5.74, 6) is -3.55. The summed E-state index contributed by atoms with van der Waals surface area (Å²) in [5, 5.41) is 25.4. The van der Waals surface area contributed by atoms with Crippen molar-refractivity contribution in [3.8, 4) is 11.5 Å². The predicted octanol–water partition coefficient (Wildman–Crippen LogP) is 2.14. The number of sulfonamides is 1. The summed E-state index contributed by atoms with van der Waals surface area (Å²) in [4.78, 5) is 52.9. The first-order valence-corrected chi connectivity index (χ1v) is 17.0. The van der Waals surface area contributed by atoms with E-state index in [2.05, 4.69) is 30.9 Å². The molecule has 260 valence electrons. The number of aromatic nitrogens is 2. The molecule has 0 aliphatic heterocycles. The van der Waals surface area contributed by atoms with Gasteiger partial charge in [-0.1, -0.05) is 70.5 Å². The highest BCUT2D eigenvalue weighted by Gasteiger charge is 2.34. The normalized spacial score (nSPS) is 13.8. The van der Waals surface area contributed by atoms with Crippen molar-refractivity contribution in [1.82, 2.24) is 30.9 Å². The molecule has 0 aliphatic rings. The lowest BCUT2D eigenvalue weighted by atomic mass is 9.97. The lowest BCUT2D eigenvalue weighted by Crippen LogP contribution is -2.57. The minimum absolute atomic E-state index is 0.0786. The summed E-state index contributed by atoms with van der Waals surface area (Å²) in [7, 11) is -4.29. The molecule has 14 nitrogen and oxygen atoms in total. The summed E-state index contributed by atoms with van der Waals surface area (Å²) in [5.41, 5.74) is 1.12. The maximum atomic E-state index is 13.5. The third kappa shape index (κ3) is 11.3. The molecule has 2 aromatic carbocycles. The monoisotopic (exact) mass is 684 g/mol. The number of carbonyl (C=O) groups excluding carboxylic acids is 4. The Bertz CT molecular complexity index is 1670. The molecule has 48 heavy (non-hydrogen) atoms. The molecule has 1 aromatic heterocycles. The molecule has 3 rings (SSSR count). The molecular weight excluding hydrogens is 640 g/mol. The minimum Gasteiger partial charge on any atom is -0.414 e. The second kappa shape index (κ2) is 16.6. The predicted molar refractivity (Wildman–Crippen MR) is 177 cm³/mol. The Kier molecular flexibility index (Phi) is 13.1. The Hall–Kier alpha value is -4.47. The van der Waals surface area contributed by atoms with Gasteiger partial charge in [-0.2, -0.15) is 4.72 Å². The van der Waals surface area contributed by atoms with E-state index in [1.807, 2.05) is 34.6 Å². The van der Waals surface area contributed by atoms with Crippen molar-refractivity contribution in [3.63, 3.8) is 0 Å². The number of hydrogen-bond acceptors (Lipinski definition) is 10. The van der Waals surface area contributed by atoms with Crippen LogP contribution >= 0.6 is 0 Å². The van der Waals surface area contributed by atoms with Crippen LogP contribution in [0.3, 0.4) is 0 Å². The third-order valence-corrected chi connectivity index (χ3v) is 8.45. The van der Waals surface area contributed by atoms with Gasteiger partial charge >= 0.3 is 0 Å². The van der Waals surface area contributed by atoms with Crippen LogP contribution in [0.25, 0.3) is 11.5 Å². The average Bonchev–Trinajstić information content (AvgIpc) is 3.52. The molecule has 0 fully saturated rings. The van der Waals surface area contributed by atoms with Gasteiger partial charge in [0.15, 0.2) is 0 Å². The topological polar surface area (TPSA) is 210 Å². The number of nitrogens with zero attached hydrogens (tertiary/aromatic N) is 2. The number of rotatable bonds is 16. The second-order valence-corrected chi connectivity index (χ2v) is 14.8. The number of amides is 3. The quantitative estimate of drug-likeness (QED) is 0.139. The van der Waals surface area contributed by atoms with Gasteiger partial charge in [-0.15, -0.1) is 10.2 Å². The van der Waals surface area contributed by atoms with Gasteiger partial charge in [-0.3, -0.25) is 19.2 Å². The Labute approximate surface area is 280 Å². The standard InChI is InChI=1S/C33H44N6O8S/c1-20(2)16-24(28(42)32-38-37-31(47-32)22-10-8-7-9-11-22)35-30(44)26(18-40)36-29(43)25(17-27(41)34-19-33(4,5)6)39-48(45,46)23-14-12-21(3)13-15-23/h7-15,20,24-26,39-40H,16-19H2,1-6H3,(H,34,41)(H,35,44)(H,36,43)/t24-,25-,26-/m0/s1. The van der Waals surface area contributed by atoms with Crippen LogP contribution in [0.2, 0.25) is 0 Å². The van der Waals surface area contributed by atoms with E-state index in [4.69, 9.17) is 4.42 Å². The highest BCUT2D eigenvalue weighted by atomic mass is 32.2. The number of nitrogens with one attached hydrogen (secondary N) is 4. The lowest BCUT2D eigenvalue weighted by Gasteiger charge is -2.25. The molecular formula is C33H44N6O8S. The van der Waals surface area contributed by atoms with E-state index in [0.29, 0.717) is 5.56 Å². The maximum absolute atomic E-state index is 13.5. The number of aliphatic hydroxyl groups excluding tert-OH is 1. The summed E-state index contributed by atoms with van der Waals surface area (Å²) in [6.07, 6.45) is -0.436. The van der Waals surface area contributed by atoms with Crippen LogP contribution in [0.1, 0.15) is 63.7 Å². The number of aryl methyl sites for hydroxylation is 1. The van der Waals surface area contributed by atoms with E-state index in [-0.39, 0.29) is 41.0 Å². The number of hydrogen-bond donors (Lipinski definition) is 5. The molecule has 1 heterocycles. The van der Waals surface area contributed by atoms with Crippen LogP contribution < -0.4 is 20.7 Å². The van der Waals surface area contributed by atoms with Crippen molar-refractivity contribution in [2.75, 3.05) is 13.2 Å². The van der Waals surface area contributed by atoms with E-state index in [0.717, 1.165) is 5.56 Å². The van der Waals surface area contributed by atoms with Crippen LogP contribution in [0.15, 0.2) is 63.9 Å². The largest absolute Gasteiger partial charge is 0.414 e. The van der Waals surface area contributed by atoms with E-state index in [9.17, 15) is 32.7 Å². The molecule has 0 spiro atoms. The molecule has 0 radical (unpaired) electrons. The Morgan fingerprint density at radius 2 is 1.48 bits per heavy atom. The van der Waals surface area contributed by atoms with Crippen LogP contribution in [-0.4, -0.2) is 78.5 Å². The number of ketones is 1. The van der Waals surface area contributed by atoms with Gasteiger partial charge in [0.2, 0.25) is 39.4 Å². The number of benzene rings is 2. The van der Waals surface area contributed by atoms with Gasteiger partial charge in [0.05, 0.1) is 24.0 Å². The van der Waals surface area contributed by atoms with Gasteiger partial charge in [-0.05, 0) is 48.9 Å². The van der Waals surface area contributed by atoms with Gasteiger partial charge < -0.3 is 25.5 Å². The fraction of sp³-hybridized carbons (Fsp3) is 0.455. The lowest BCUT2D eigenvalue weighted by molar-refractivity contribution is -0.132. The summed E-state index contributed by atoms with van der Waals surface area (Å²) in [6, 6.07) is 10.2. The minimum atomic E-state index is -4.29. The molecule has 0 bridgehead atoms. The zero-order valence-electron chi connectivity index (χ0n) is 27.9. The molecule has 5 N–H and O–H groups in total. The SMILES string of the molecule is Cc1ccc(S(=O)(=O)N[C@@H](CC(=O)NCC(C)(C)C)C(=O)N[C@@H](CO)C(=O)N[C@@H](CC(C)C)C(=O)c2nnc(-c3ccccc3)o2)cc1. The number of Topliss-reactive ketones (excluding diaryl/α,β-unsaturated/α-hetero) is 1. The Morgan fingerprint density at radius 1 is 0.875 bits per heavy atom. The highest BCUT2D eigenvalue weighted by Crippen LogP contribution is 2.19. The smallest absolute Gasteiger partial charge is 0.286 e. The molecule has 0 saturated heterocycles. The summed E-state index contributed by atoms with van der Waals surface area (Å²) in [6.45, 7) is 10.5. The highest BCUT2D eigenvalue weighted by molar-refractivity contribution is 7.89. The van der Waals surface area contributed by atoms with Gasteiger partial charge in [0.1, 0.15) is 12.1 Å². The Morgan fingerprint density at radius 3 is 2.06 bits per heavy atom. The van der Waals surface area contributed by atoms with E-state index < -0.39 is 64.7 Å². The average molecular weight is 685 g/mol. The summed E-state index contributed by atoms with van der Waals surface area (Å²) < 4.78 is 34.2. The van der Waals surface area contributed by atoms with Gasteiger partial charge in [0.25, 0.3) is 5.89 Å². The maximum Gasteiger partial charge on any atom is 0.286 e.